The van der Waals surface area contributed by atoms with Crippen LogP contribution in [0.15, 0.2) is 42.6 Å². The summed E-state index contributed by atoms with van der Waals surface area (Å²) < 4.78 is 0. The molecule has 98 valence electrons. The predicted molar refractivity (Wildman–Crippen MR) is 70.3 cm³/mol. The number of amides is 1. The molecule has 0 aliphatic rings. The van der Waals surface area contributed by atoms with Gasteiger partial charge in [-0.15, -0.1) is 0 Å². The van der Waals surface area contributed by atoms with Crippen molar-refractivity contribution in [2.75, 3.05) is 5.32 Å². The Balaban J connectivity index is 2.21. The summed E-state index contributed by atoms with van der Waals surface area (Å²) >= 11 is 0. The van der Waals surface area contributed by atoms with E-state index in [4.69, 9.17) is 10.4 Å². The fourth-order valence-electron chi connectivity index (χ4n) is 1.56. The SMILES string of the molecule is N#Cc1cccc(C(=O)Nc2ccnc(C(=O)O)c2)c1. The highest BCUT2D eigenvalue weighted by Gasteiger charge is 2.09. The van der Waals surface area contributed by atoms with E-state index in [-0.39, 0.29) is 5.69 Å². The Morgan fingerprint density at radius 1 is 1.25 bits per heavy atom. The van der Waals surface area contributed by atoms with Gasteiger partial charge in [0.25, 0.3) is 5.91 Å². The molecule has 1 aromatic heterocycles. The molecular weight excluding hydrogens is 258 g/mol. The van der Waals surface area contributed by atoms with Gasteiger partial charge in [0.1, 0.15) is 5.69 Å². The molecule has 0 saturated carbocycles. The average Bonchev–Trinajstić information content (AvgIpc) is 2.47. The summed E-state index contributed by atoms with van der Waals surface area (Å²) in [7, 11) is 0. The van der Waals surface area contributed by atoms with E-state index >= 15 is 0 Å². The molecule has 6 heteroatoms. The number of carboxylic acids is 1. The van der Waals surface area contributed by atoms with Crippen LogP contribution in [-0.4, -0.2) is 22.0 Å². The first-order chi connectivity index (χ1) is 9.60. The summed E-state index contributed by atoms with van der Waals surface area (Å²) in [5.74, 6) is -1.60. The Morgan fingerprint density at radius 2 is 2.05 bits per heavy atom. The summed E-state index contributed by atoms with van der Waals surface area (Å²) in [6.07, 6.45) is 1.30. The molecule has 1 aromatic carbocycles. The molecule has 1 amide bonds. The number of nitriles is 1. The molecule has 1 heterocycles. The molecule has 0 bridgehead atoms. The van der Waals surface area contributed by atoms with E-state index in [2.05, 4.69) is 10.3 Å². The predicted octanol–water partition coefficient (Wildman–Crippen LogP) is 1.90. The molecule has 0 atom stereocenters. The molecule has 0 aliphatic carbocycles. The molecule has 2 aromatic rings. The van der Waals surface area contributed by atoms with Crippen LogP contribution in [0.2, 0.25) is 0 Å². The van der Waals surface area contributed by atoms with Crippen molar-refractivity contribution in [3.63, 3.8) is 0 Å². The number of benzene rings is 1. The van der Waals surface area contributed by atoms with Crippen molar-refractivity contribution in [3.05, 3.63) is 59.4 Å². The summed E-state index contributed by atoms with van der Waals surface area (Å²) in [6.45, 7) is 0. The number of pyridine rings is 1. The Bertz CT molecular complexity index is 720. The Morgan fingerprint density at radius 3 is 2.75 bits per heavy atom. The van der Waals surface area contributed by atoms with Crippen LogP contribution < -0.4 is 5.32 Å². The lowest BCUT2D eigenvalue weighted by Crippen LogP contribution is -2.13. The van der Waals surface area contributed by atoms with Gasteiger partial charge < -0.3 is 10.4 Å². The third kappa shape index (κ3) is 2.97. The quantitative estimate of drug-likeness (QED) is 0.884. The molecule has 0 unspecified atom stereocenters. The number of rotatable bonds is 3. The van der Waals surface area contributed by atoms with Crippen LogP contribution in [0, 0.1) is 11.3 Å². The molecule has 6 nitrogen and oxygen atoms in total. The number of nitrogens with one attached hydrogen (secondary N) is 1. The highest BCUT2D eigenvalue weighted by atomic mass is 16.4. The van der Waals surface area contributed by atoms with Crippen LogP contribution in [0.1, 0.15) is 26.4 Å². The number of aromatic nitrogens is 1. The zero-order chi connectivity index (χ0) is 14.5. The summed E-state index contributed by atoms with van der Waals surface area (Å²) in [5.41, 5.74) is 0.856. The molecule has 2 N–H and O–H groups in total. The lowest BCUT2D eigenvalue weighted by atomic mass is 10.1. The first-order valence-corrected chi connectivity index (χ1v) is 5.61. The molecule has 0 saturated heterocycles. The molecule has 0 fully saturated rings. The fraction of sp³-hybridized carbons (Fsp3) is 0. The number of carbonyl (C=O) groups is 2. The van der Waals surface area contributed by atoms with Gasteiger partial charge in [0.05, 0.1) is 11.6 Å². The van der Waals surface area contributed by atoms with Crippen molar-refractivity contribution in [2.45, 2.75) is 0 Å². The minimum Gasteiger partial charge on any atom is -0.477 e. The van der Waals surface area contributed by atoms with Gasteiger partial charge in [0, 0.05) is 17.4 Å². The average molecular weight is 267 g/mol. The van der Waals surface area contributed by atoms with Crippen LogP contribution in [0.3, 0.4) is 0 Å². The largest absolute Gasteiger partial charge is 0.477 e. The number of hydrogen-bond acceptors (Lipinski definition) is 4. The first-order valence-electron chi connectivity index (χ1n) is 5.61. The van der Waals surface area contributed by atoms with E-state index in [0.717, 1.165) is 0 Å². The van der Waals surface area contributed by atoms with Crippen molar-refractivity contribution < 1.29 is 14.7 Å². The van der Waals surface area contributed by atoms with Gasteiger partial charge in [-0.25, -0.2) is 9.78 Å². The van der Waals surface area contributed by atoms with Gasteiger partial charge in [-0.05, 0) is 30.3 Å². The van der Waals surface area contributed by atoms with Gasteiger partial charge in [0.15, 0.2) is 0 Å². The maximum atomic E-state index is 12.0. The number of nitrogens with zero attached hydrogens (tertiary/aromatic N) is 2. The van der Waals surface area contributed by atoms with Crippen LogP contribution in [0.25, 0.3) is 0 Å². The number of carboxylic acid groups (broad SMARTS) is 1. The van der Waals surface area contributed by atoms with Crippen molar-refractivity contribution in [2.24, 2.45) is 0 Å². The highest BCUT2D eigenvalue weighted by Crippen LogP contribution is 2.11. The van der Waals surface area contributed by atoms with Crippen LogP contribution in [-0.2, 0) is 0 Å². The zero-order valence-corrected chi connectivity index (χ0v) is 10.2. The smallest absolute Gasteiger partial charge is 0.354 e. The second-order valence-electron chi connectivity index (χ2n) is 3.88. The lowest BCUT2D eigenvalue weighted by Gasteiger charge is -2.05. The molecule has 0 radical (unpaired) electrons. The number of carbonyl (C=O) groups excluding carboxylic acids is 1. The minimum absolute atomic E-state index is 0.159. The van der Waals surface area contributed by atoms with E-state index in [1.807, 2.05) is 6.07 Å². The second-order valence-corrected chi connectivity index (χ2v) is 3.88. The minimum atomic E-state index is -1.17. The van der Waals surface area contributed by atoms with E-state index in [1.165, 1.54) is 24.4 Å². The summed E-state index contributed by atoms with van der Waals surface area (Å²) in [4.78, 5) is 26.4. The maximum absolute atomic E-state index is 12.0. The molecule has 20 heavy (non-hydrogen) atoms. The fourth-order valence-corrected chi connectivity index (χ4v) is 1.56. The van der Waals surface area contributed by atoms with Crippen molar-refractivity contribution in [1.29, 1.82) is 5.26 Å². The van der Waals surface area contributed by atoms with Crippen molar-refractivity contribution in [1.82, 2.24) is 4.98 Å². The second kappa shape index (κ2) is 5.63. The monoisotopic (exact) mass is 267 g/mol. The summed E-state index contributed by atoms with van der Waals surface area (Å²) in [6, 6.07) is 10.9. The van der Waals surface area contributed by atoms with E-state index in [1.54, 1.807) is 18.2 Å². The van der Waals surface area contributed by atoms with E-state index in [0.29, 0.717) is 16.8 Å². The van der Waals surface area contributed by atoms with Gasteiger partial charge >= 0.3 is 5.97 Å². The number of anilines is 1. The Kier molecular flexibility index (Phi) is 3.72. The third-order valence-electron chi connectivity index (χ3n) is 2.49. The molecule has 0 aliphatic heterocycles. The van der Waals surface area contributed by atoms with E-state index in [9.17, 15) is 9.59 Å². The topological polar surface area (TPSA) is 103 Å². The van der Waals surface area contributed by atoms with Gasteiger partial charge in [-0.1, -0.05) is 6.07 Å². The molecule has 2 rings (SSSR count). The lowest BCUT2D eigenvalue weighted by molar-refractivity contribution is 0.0690. The first kappa shape index (κ1) is 13.2. The Labute approximate surface area is 114 Å². The number of hydrogen-bond donors (Lipinski definition) is 2. The Hall–Kier alpha value is -3.20. The zero-order valence-electron chi connectivity index (χ0n) is 10.2. The van der Waals surface area contributed by atoms with Gasteiger partial charge in [0.2, 0.25) is 0 Å². The molecule has 0 spiro atoms. The van der Waals surface area contributed by atoms with Crippen LogP contribution in [0.4, 0.5) is 5.69 Å². The van der Waals surface area contributed by atoms with Gasteiger partial charge in [-0.2, -0.15) is 5.26 Å². The van der Waals surface area contributed by atoms with Crippen LogP contribution >= 0.6 is 0 Å². The highest BCUT2D eigenvalue weighted by molar-refractivity contribution is 6.04. The van der Waals surface area contributed by atoms with Crippen molar-refractivity contribution >= 4 is 17.6 Å². The normalized spacial score (nSPS) is 9.55. The number of aromatic carboxylic acids is 1. The van der Waals surface area contributed by atoms with Crippen molar-refractivity contribution in [3.8, 4) is 6.07 Å². The third-order valence-corrected chi connectivity index (χ3v) is 2.49. The van der Waals surface area contributed by atoms with E-state index < -0.39 is 11.9 Å². The molecular formula is C14H9N3O3. The van der Waals surface area contributed by atoms with Crippen LogP contribution in [0.5, 0.6) is 0 Å². The standard InChI is InChI=1S/C14H9N3O3/c15-8-9-2-1-3-10(6-9)13(18)17-11-4-5-16-12(7-11)14(19)20/h1-7H,(H,19,20)(H,16,17,18). The van der Waals surface area contributed by atoms with Gasteiger partial charge in [-0.3, -0.25) is 4.79 Å². The summed E-state index contributed by atoms with van der Waals surface area (Å²) in [5, 5.41) is 20.1. The maximum Gasteiger partial charge on any atom is 0.354 e.